The molecule has 0 aliphatic heterocycles. The van der Waals surface area contributed by atoms with Crippen LogP contribution in [-0.2, 0) is 100 Å². The third kappa shape index (κ3) is 37.2. The van der Waals surface area contributed by atoms with Crippen LogP contribution in [0.1, 0.15) is 12.8 Å². The summed E-state index contributed by atoms with van der Waals surface area (Å²) in [5, 5.41) is 5.89. The molecule has 0 N–H and O–H groups in total. The predicted octanol–water partition coefficient (Wildman–Crippen LogP) is 1.30. The average molecular weight is 959 g/mol. The SMILES string of the molecule is C#CCOC(COC(=O)/C=C/SCCS/C=C/C(=O)OCOC(=O)CC(=O)OCOC(=O)C#C)COC(=O)/C=C/SCCS/C=C/C(=O)OCOC(=O)CC(=O)OCOC(=O)C#C. The molecule has 0 amide bonds. The van der Waals surface area contributed by atoms with E-state index in [9.17, 15) is 47.9 Å². The molecule has 340 valence electrons. The van der Waals surface area contributed by atoms with E-state index in [0.29, 0.717) is 23.0 Å². The van der Waals surface area contributed by atoms with Gasteiger partial charge >= 0.3 is 59.7 Å². The van der Waals surface area contributed by atoms with Gasteiger partial charge in [0.25, 0.3) is 0 Å². The molecule has 21 nitrogen and oxygen atoms in total. The first-order valence-corrected chi connectivity index (χ1v) is 21.2. The Morgan fingerprint density at radius 1 is 0.429 bits per heavy atom. The number of rotatable bonds is 32. The van der Waals surface area contributed by atoms with Crippen LogP contribution < -0.4 is 0 Å². The van der Waals surface area contributed by atoms with E-state index in [1.165, 1.54) is 80.8 Å². The van der Waals surface area contributed by atoms with Crippen LogP contribution in [0.4, 0.5) is 0 Å². The van der Waals surface area contributed by atoms with E-state index in [2.05, 4.69) is 43.8 Å². The molecule has 0 heterocycles. The van der Waals surface area contributed by atoms with E-state index in [0.717, 1.165) is 12.2 Å². The summed E-state index contributed by atoms with van der Waals surface area (Å²) in [5.41, 5.74) is 0. The Labute approximate surface area is 377 Å². The number of carbonyl (C=O) groups excluding carboxylic acids is 10. The van der Waals surface area contributed by atoms with Crippen LogP contribution in [0.25, 0.3) is 0 Å². The summed E-state index contributed by atoms with van der Waals surface area (Å²) in [4.78, 5) is 115. The van der Waals surface area contributed by atoms with E-state index in [1.54, 1.807) is 11.8 Å². The van der Waals surface area contributed by atoms with Gasteiger partial charge in [-0.1, -0.05) is 5.92 Å². The molecule has 25 heteroatoms. The van der Waals surface area contributed by atoms with Crippen molar-refractivity contribution in [3.63, 3.8) is 0 Å². The van der Waals surface area contributed by atoms with Crippen LogP contribution in [0.15, 0.2) is 45.9 Å². The molecule has 0 aliphatic carbocycles. The maximum absolute atomic E-state index is 12.1. The van der Waals surface area contributed by atoms with Crippen molar-refractivity contribution in [3.05, 3.63) is 45.9 Å². The topological polar surface area (TPSA) is 272 Å². The van der Waals surface area contributed by atoms with Crippen LogP contribution >= 0.6 is 47.0 Å². The maximum Gasteiger partial charge on any atom is 0.386 e. The van der Waals surface area contributed by atoms with Gasteiger partial charge in [-0.15, -0.1) is 66.3 Å². The maximum atomic E-state index is 12.1. The third-order valence-electron chi connectivity index (χ3n) is 5.54. The Bertz CT molecular complexity index is 1680. The molecule has 0 aromatic carbocycles. The van der Waals surface area contributed by atoms with E-state index in [1.807, 2.05) is 0 Å². The molecule has 0 fully saturated rings. The Hall–Kier alpha value is -6.30. The molecular weight excluding hydrogens is 921 g/mol. The molecule has 0 unspecified atom stereocenters. The molecule has 0 aromatic heterocycles. The Kier molecular flexibility index (Phi) is 34.7. The van der Waals surface area contributed by atoms with Crippen molar-refractivity contribution >= 4 is 107 Å². The summed E-state index contributed by atoms with van der Waals surface area (Å²) in [7, 11) is 0. The van der Waals surface area contributed by atoms with E-state index in [-0.39, 0.29) is 19.8 Å². The van der Waals surface area contributed by atoms with Crippen molar-refractivity contribution in [1.29, 1.82) is 0 Å². The number of ether oxygens (including phenoxy) is 11. The summed E-state index contributed by atoms with van der Waals surface area (Å²) < 4.78 is 51.6. The molecule has 0 spiro atoms. The van der Waals surface area contributed by atoms with E-state index >= 15 is 0 Å². The van der Waals surface area contributed by atoms with Crippen molar-refractivity contribution in [2.45, 2.75) is 18.9 Å². The van der Waals surface area contributed by atoms with Crippen molar-refractivity contribution in [2.75, 3.05) is 70.0 Å². The zero-order valence-electron chi connectivity index (χ0n) is 32.8. The molecule has 0 atom stereocenters. The quantitative estimate of drug-likeness (QED) is 0.0134. The van der Waals surface area contributed by atoms with Gasteiger partial charge in [-0.2, -0.15) is 0 Å². The lowest BCUT2D eigenvalue weighted by atomic mass is 10.4. The molecule has 63 heavy (non-hydrogen) atoms. The normalized spacial score (nSPS) is 10.6. The monoisotopic (exact) mass is 958 g/mol. The zero-order chi connectivity index (χ0) is 46.9. The minimum Gasteiger partial charge on any atom is -0.460 e. The Morgan fingerprint density at radius 2 is 0.730 bits per heavy atom. The Balaban J connectivity index is 4.14. The van der Waals surface area contributed by atoms with Crippen molar-refractivity contribution in [3.8, 4) is 37.0 Å². The van der Waals surface area contributed by atoms with Crippen molar-refractivity contribution in [1.82, 2.24) is 0 Å². The van der Waals surface area contributed by atoms with Crippen LogP contribution in [0.3, 0.4) is 0 Å². The average Bonchev–Trinajstić information content (AvgIpc) is 3.24. The highest BCUT2D eigenvalue weighted by Gasteiger charge is 2.16. The number of thioether (sulfide) groups is 4. The van der Waals surface area contributed by atoms with Crippen molar-refractivity contribution in [2.24, 2.45) is 0 Å². The summed E-state index contributed by atoms with van der Waals surface area (Å²) >= 11 is 5.05. The van der Waals surface area contributed by atoms with Gasteiger partial charge in [0.15, 0.2) is 0 Å². The fourth-order valence-corrected chi connectivity index (χ4v) is 5.77. The largest absolute Gasteiger partial charge is 0.460 e. The van der Waals surface area contributed by atoms with Gasteiger partial charge in [0.2, 0.25) is 27.2 Å². The summed E-state index contributed by atoms with van der Waals surface area (Å²) in [6.07, 6.45) is 16.8. The van der Waals surface area contributed by atoms with Gasteiger partial charge in [0.1, 0.15) is 38.8 Å². The second kappa shape index (κ2) is 38.6. The van der Waals surface area contributed by atoms with Gasteiger partial charge in [0, 0.05) is 59.2 Å². The van der Waals surface area contributed by atoms with Gasteiger partial charge in [-0.25, -0.2) is 28.8 Å². The lowest BCUT2D eigenvalue weighted by molar-refractivity contribution is -0.174. The summed E-state index contributed by atoms with van der Waals surface area (Å²) in [6.45, 7) is -3.71. The Morgan fingerprint density at radius 3 is 1.03 bits per heavy atom. The highest BCUT2D eigenvalue weighted by Crippen LogP contribution is 2.11. The second-order valence-corrected chi connectivity index (χ2v) is 14.1. The molecule has 0 radical (unpaired) electrons. The zero-order valence-corrected chi connectivity index (χ0v) is 36.1. The minimum atomic E-state index is -1.06. The van der Waals surface area contributed by atoms with Gasteiger partial charge < -0.3 is 52.1 Å². The highest BCUT2D eigenvalue weighted by molar-refractivity contribution is 8.06. The number of esters is 10. The standard InChI is InChI=1S/C38H38O21S4/c1-4-11-49-28(22-50-31(41)7-12-60-16-18-62-14-9-33(43)54-26-58-37(47)20-35(45)56-24-52-29(39)5-2)23-51-32(42)8-13-61-17-19-63-15-10-34(44)55-27-59-38(48)21-36(46)57-25-53-30(40)6-3/h1-3,7-10,12-15,28H,11,16-27H2/b12-7+,13-8+,14-9+,15-10+. The first-order valence-electron chi connectivity index (χ1n) is 17.0. The molecule has 0 bridgehead atoms. The molecule has 0 saturated carbocycles. The van der Waals surface area contributed by atoms with Crippen LogP contribution in [-0.4, -0.2) is 136 Å². The molecular formula is C38H38O21S4. The van der Waals surface area contributed by atoms with Crippen LogP contribution in [0, 0.1) is 37.0 Å². The molecule has 0 saturated heterocycles. The molecule has 0 rings (SSSR count). The lowest BCUT2D eigenvalue weighted by Gasteiger charge is -2.15. The number of carbonyl (C=O) groups is 10. The van der Waals surface area contributed by atoms with E-state index in [4.69, 9.17) is 33.5 Å². The second-order valence-electron chi connectivity index (χ2n) is 10.1. The fraction of sp³-hybridized carbons (Fsp3) is 0.368. The molecule has 0 aliphatic rings. The van der Waals surface area contributed by atoms with Crippen LogP contribution in [0.2, 0.25) is 0 Å². The van der Waals surface area contributed by atoms with Gasteiger partial charge in [-0.05, 0) is 21.6 Å². The van der Waals surface area contributed by atoms with E-state index < -0.39 is 106 Å². The van der Waals surface area contributed by atoms with Crippen molar-refractivity contribution < 1.29 is 100 Å². The first-order chi connectivity index (χ1) is 30.3. The highest BCUT2D eigenvalue weighted by atomic mass is 32.2. The fourth-order valence-electron chi connectivity index (χ4n) is 2.86. The predicted molar refractivity (Wildman–Crippen MR) is 222 cm³/mol. The number of terminal acetylenes is 3. The van der Waals surface area contributed by atoms with Gasteiger partial charge in [0.05, 0.1) is 0 Å². The lowest BCUT2D eigenvalue weighted by Crippen LogP contribution is -2.28. The smallest absolute Gasteiger partial charge is 0.386 e. The number of hydrogen-bond acceptors (Lipinski definition) is 25. The number of hydrogen-bond donors (Lipinski definition) is 0. The van der Waals surface area contributed by atoms with Gasteiger partial charge in [-0.3, -0.25) is 19.2 Å². The summed E-state index contributed by atoms with van der Waals surface area (Å²) in [5.74, 6) is -1.69. The van der Waals surface area contributed by atoms with Crippen LogP contribution in [0.5, 0.6) is 0 Å². The third-order valence-corrected chi connectivity index (χ3v) is 9.13. The molecule has 0 aromatic rings. The summed E-state index contributed by atoms with van der Waals surface area (Å²) in [6, 6.07) is 0. The first kappa shape index (κ1) is 56.7. The minimum absolute atomic E-state index is 0.129.